The fraction of sp³-hybridized carbons (Fsp3) is 0.440. The number of nitrogens with zero attached hydrogens (tertiary/aromatic N) is 2. The number of quaternary nitrogens is 1. The molecule has 0 aliphatic carbocycles. The SMILES string of the molecule is C[C@@H]1CNC[C@H](C)[N+]1(CCCCN1C(=O)c2ccccc2C1=O)Cc1ccccc1. The van der Waals surface area contributed by atoms with Crippen LogP contribution in [0.25, 0.3) is 0 Å². The highest BCUT2D eigenvalue weighted by atomic mass is 16.2. The van der Waals surface area contributed by atoms with Crippen LogP contribution >= 0.6 is 0 Å². The predicted octanol–water partition coefficient (Wildman–Crippen LogP) is 3.46. The first-order valence-corrected chi connectivity index (χ1v) is 11.1. The summed E-state index contributed by atoms with van der Waals surface area (Å²) in [5, 5.41) is 3.57. The zero-order valence-electron chi connectivity index (χ0n) is 18.0. The second kappa shape index (κ2) is 8.70. The lowest BCUT2D eigenvalue weighted by Crippen LogP contribution is -2.68. The molecule has 30 heavy (non-hydrogen) atoms. The summed E-state index contributed by atoms with van der Waals surface area (Å²) in [5.74, 6) is -0.291. The Morgan fingerprint density at radius 1 is 0.867 bits per heavy atom. The third-order valence-electron chi connectivity index (χ3n) is 7.04. The maximum absolute atomic E-state index is 12.6. The Kier molecular flexibility index (Phi) is 6.02. The summed E-state index contributed by atoms with van der Waals surface area (Å²) in [6.45, 7) is 9.31. The van der Waals surface area contributed by atoms with E-state index in [1.165, 1.54) is 10.5 Å². The van der Waals surface area contributed by atoms with Crippen LogP contribution in [-0.2, 0) is 6.54 Å². The maximum atomic E-state index is 12.6. The molecule has 0 spiro atoms. The lowest BCUT2D eigenvalue weighted by atomic mass is 10.00. The Labute approximate surface area is 179 Å². The number of hydrogen-bond acceptors (Lipinski definition) is 3. The molecule has 4 rings (SSSR count). The molecule has 2 aromatic carbocycles. The van der Waals surface area contributed by atoms with E-state index in [1.54, 1.807) is 12.1 Å². The molecule has 1 N–H and O–H groups in total. The van der Waals surface area contributed by atoms with Gasteiger partial charge in [0, 0.05) is 25.2 Å². The molecule has 0 saturated carbocycles. The van der Waals surface area contributed by atoms with E-state index in [1.807, 2.05) is 12.1 Å². The van der Waals surface area contributed by atoms with Crippen molar-refractivity contribution >= 4 is 11.8 Å². The van der Waals surface area contributed by atoms with Gasteiger partial charge in [-0.1, -0.05) is 42.5 Å². The highest BCUT2D eigenvalue weighted by Gasteiger charge is 2.42. The van der Waals surface area contributed by atoms with Crippen molar-refractivity contribution in [3.8, 4) is 0 Å². The van der Waals surface area contributed by atoms with Gasteiger partial charge in [0.2, 0.25) is 0 Å². The molecule has 5 nitrogen and oxygen atoms in total. The lowest BCUT2D eigenvalue weighted by Gasteiger charge is -2.51. The fourth-order valence-corrected chi connectivity index (χ4v) is 5.17. The normalized spacial score (nSPS) is 26.1. The van der Waals surface area contributed by atoms with Crippen molar-refractivity contribution in [2.24, 2.45) is 0 Å². The molecule has 0 bridgehead atoms. The second-order valence-electron chi connectivity index (χ2n) is 8.84. The van der Waals surface area contributed by atoms with Crippen molar-refractivity contribution in [3.63, 3.8) is 0 Å². The third kappa shape index (κ3) is 3.80. The molecular formula is C25H32N3O2+. The van der Waals surface area contributed by atoms with Crippen LogP contribution in [0.1, 0.15) is 53.0 Å². The number of benzene rings is 2. The van der Waals surface area contributed by atoms with Crippen LogP contribution in [0.4, 0.5) is 0 Å². The highest BCUT2D eigenvalue weighted by molar-refractivity contribution is 6.21. The monoisotopic (exact) mass is 406 g/mol. The van der Waals surface area contributed by atoms with Crippen molar-refractivity contribution in [3.05, 3.63) is 71.3 Å². The Bertz CT molecular complexity index is 867. The first kappa shape index (κ1) is 20.8. The minimum Gasteiger partial charge on any atom is -0.313 e. The van der Waals surface area contributed by atoms with Crippen molar-refractivity contribution in [1.82, 2.24) is 10.2 Å². The molecule has 2 aromatic rings. The predicted molar refractivity (Wildman–Crippen MR) is 118 cm³/mol. The van der Waals surface area contributed by atoms with E-state index >= 15 is 0 Å². The summed E-state index contributed by atoms with van der Waals surface area (Å²) in [5.41, 5.74) is 2.46. The number of unbranched alkanes of at least 4 members (excludes halogenated alkanes) is 1. The Morgan fingerprint density at radius 2 is 1.43 bits per heavy atom. The zero-order chi connectivity index (χ0) is 21.1. The van der Waals surface area contributed by atoms with Gasteiger partial charge in [0.25, 0.3) is 11.8 Å². The molecule has 0 aromatic heterocycles. The number of rotatable bonds is 7. The first-order chi connectivity index (χ1) is 14.5. The maximum Gasteiger partial charge on any atom is 0.261 e. The molecule has 3 atom stereocenters. The van der Waals surface area contributed by atoms with E-state index in [4.69, 9.17) is 0 Å². The number of carbonyl (C=O) groups excluding carboxylic acids is 2. The standard InChI is InChI=1S/C25H32N3O2/c1-19-16-26-17-20(2)28(19,18-21-10-4-3-5-11-21)15-9-8-14-27-24(29)22-12-6-7-13-23(22)25(27)30/h3-7,10-13,19-20,26H,8-9,14-18H2,1-2H3/q+1/t19-,20+,28?. The number of fused-ring (bicyclic) bond motifs is 1. The summed E-state index contributed by atoms with van der Waals surface area (Å²) >= 11 is 0. The van der Waals surface area contributed by atoms with Gasteiger partial charge in [-0.25, -0.2) is 0 Å². The molecule has 2 aliphatic heterocycles. The Balaban J connectivity index is 1.41. The topological polar surface area (TPSA) is 49.4 Å². The van der Waals surface area contributed by atoms with Crippen LogP contribution in [0.2, 0.25) is 0 Å². The number of imide groups is 1. The van der Waals surface area contributed by atoms with Gasteiger partial charge in [-0.2, -0.15) is 0 Å². The second-order valence-corrected chi connectivity index (χ2v) is 8.84. The van der Waals surface area contributed by atoms with Crippen LogP contribution in [0.15, 0.2) is 54.6 Å². The van der Waals surface area contributed by atoms with Gasteiger partial charge in [0.1, 0.15) is 6.54 Å². The summed E-state index contributed by atoms with van der Waals surface area (Å²) in [7, 11) is 0. The number of piperazine rings is 1. The minimum atomic E-state index is -0.146. The number of nitrogens with one attached hydrogen (secondary N) is 1. The molecule has 158 valence electrons. The number of amides is 2. The van der Waals surface area contributed by atoms with Crippen molar-refractivity contribution in [1.29, 1.82) is 0 Å². The first-order valence-electron chi connectivity index (χ1n) is 11.1. The van der Waals surface area contributed by atoms with Gasteiger partial charge < -0.3 is 9.80 Å². The van der Waals surface area contributed by atoms with E-state index in [9.17, 15) is 9.59 Å². The number of carbonyl (C=O) groups is 2. The summed E-state index contributed by atoms with van der Waals surface area (Å²) < 4.78 is 1.05. The van der Waals surface area contributed by atoms with Crippen LogP contribution < -0.4 is 5.32 Å². The average Bonchev–Trinajstić information content (AvgIpc) is 3.00. The van der Waals surface area contributed by atoms with E-state index in [0.29, 0.717) is 29.8 Å². The molecule has 0 radical (unpaired) electrons. The molecule has 2 heterocycles. The quantitative estimate of drug-likeness (QED) is 0.435. The minimum absolute atomic E-state index is 0.146. The molecule has 1 saturated heterocycles. The van der Waals surface area contributed by atoms with E-state index in [2.05, 4.69) is 49.5 Å². The van der Waals surface area contributed by atoms with E-state index < -0.39 is 0 Å². The van der Waals surface area contributed by atoms with Gasteiger partial charge in [-0.15, -0.1) is 0 Å². The Hall–Kier alpha value is -2.50. The lowest BCUT2D eigenvalue weighted by molar-refractivity contribution is -0.984. The fourth-order valence-electron chi connectivity index (χ4n) is 5.17. The van der Waals surface area contributed by atoms with E-state index in [0.717, 1.165) is 43.5 Å². The molecule has 2 aliphatic rings. The van der Waals surface area contributed by atoms with Crippen LogP contribution in [-0.4, -0.2) is 59.5 Å². The molecule has 1 fully saturated rings. The summed E-state index contributed by atoms with van der Waals surface area (Å²) in [6, 6.07) is 18.9. The smallest absolute Gasteiger partial charge is 0.261 e. The summed E-state index contributed by atoms with van der Waals surface area (Å²) in [6.07, 6.45) is 1.84. The zero-order valence-corrected chi connectivity index (χ0v) is 18.0. The molecule has 2 amide bonds. The highest BCUT2D eigenvalue weighted by Crippen LogP contribution is 2.28. The summed E-state index contributed by atoms with van der Waals surface area (Å²) in [4.78, 5) is 26.6. The van der Waals surface area contributed by atoms with Crippen molar-refractivity contribution in [2.75, 3.05) is 26.2 Å². The number of hydrogen-bond donors (Lipinski definition) is 1. The van der Waals surface area contributed by atoms with Crippen molar-refractivity contribution < 1.29 is 14.1 Å². The van der Waals surface area contributed by atoms with Crippen molar-refractivity contribution in [2.45, 2.75) is 45.3 Å². The molecular weight excluding hydrogens is 374 g/mol. The van der Waals surface area contributed by atoms with Crippen LogP contribution in [0.3, 0.4) is 0 Å². The van der Waals surface area contributed by atoms with Gasteiger partial charge in [-0.3, -0.25) is 14.5 Å². The third-order valence-corrected chi connectivity index (χ3v) is 7.04. The van der Waals surface area contributed by atoms with Crippen LogP contribution in [0.5, 0.6) is 0 Å². The van der Waals surface area contributed by atoms with Crippen LogP contribution in [0, 0.1) is 0 Å². The molecule has 1 unspecified atom stereocenters. The van der Waals surface area contributed by atoms with Gasteiger partial charge in [0.05, 0.1) is 29.8 Å². The Morgan fingerprint density at radius 3 is 2.03 bits per heavy atom. The average molecular weight is 407 g/mol. The molecule has 5 heteroatoms. The van der Waals surface area contributed by atoms with E-state index in [-0.39, 0.29) is 11.8 Å². The van der Waals surface area contributed by atoms with Gasteiger partial charge in [-0.05, 0) is 38.8 Å². The van der Waals surface area contributed by atoms with Gasteiger partial charge >= 0.3 is 0 Å². The van der Waals surface area contributed by atoms with Gasteiger partial charge in [0.15, 0.2) is 0 Å². The largest absolute Gasteiger partial charge is 0.313 e.